The molecule has 0 aromatic carbocycles. The lowest BCUT2D eigenvalue weighted by Crippen LogP contribution is -2.59. The lowest BCUT2D eigenvalue weighted by molar-refractivity contribution is -0.291. The highest BCUT2D eigenvalue weighted by molar-refractivity contribution is 5.26. The van der Waals surface area contributed by atoms with E-state index in [0.717, 1.165) is 6.92 Å². The van der Waals surface area contributed by atoms with E-state index in [2.05, 4.69) is 0 Å². The third-order valence-corrected chi connectivity index (χ3v) is 3.45. The van der Waals surface area contributed by atoms with Crippen LogP contribution in [0.25, 0.3) is 0 Å². The van der Waals surface area contributed by atoms with Gasteiger partial charge in [-0.2, -0.15) is 17.6 Å². The number of hydrogen-bond donors (Lipinski definition) is 0. The fourth-order valence-corrected chi connectivity index (χ4v) is 2.49. The maximum absolute atomic E-state index is 13.4. The van der Waals surface area contributed by atoms with Crippen LogP contribution in [0.5, 0.6) is 0 Å². The second-order valence-electron chi connectivity index (χ2n) is 4.42. The number of fused-ring (bicyclic) bond motifs is 2. The quantitative estimate of drug-likeness (QED) is 0.548. The summed E-state index contributed by atoms with van der Waals surface area (Å²) >= 11 is 0. The van der Waals surface area contributed by atoms with E-state index in [1.54, 1.807) is 0 Å². The maximum Gasteiger partial charge on any atom is 0.346 e. The predicted octanol–water partition coefficient (Wildman–Crippen LogP) is 3.12. The molecule has 0 N–H and O–H groups in total. The Morgan fingerprint density at radius 2 is 1.50 bits per heavy atom. The van der Waals surface area contributed by atoms with Crippen molar-refractivity contribution in [2.24, 2.45) is 5.41 Å². The van der Waals surface area contributed by atoms with Crippen LogP contribution >= 0.6 is 0 Å². The monoisotopic (exact) mass is 218 g/mol. The molecule has 2 fully saturated rings. The predicted molar refractivity (Wildman–Crippen MR) is 36.0 cm³/mol. The topological polar surface area (TPSA) is 0 Å². The molecule has 3 atom stereocenters. The average molecular weight is 218 g/mol. The summed E-state index contributed by atoms with van der Waals surface area (Å²) in [6.07, 6.45) is -4.45. The third-order valence-electron chi connectivity index (χ3n) is 3.45. The summed E-state index contributed by atoms with van der Waals surface area (Å²) in [7, 11) is 0. The molecule has 0 aliphatic heterocycles. The number of halogens is 6. The van der Waals surface area contributed by atoms with E-state index in [-0.39, 0.29) is 0 Å². The molecule has 0 aromatic rings. The molecule has 0 heterocycles. The summed E-state index contributed by atoms with van der Waals surface area (Å²) in [4.78, 5) is 0. The largest absolute Gasteiger partial charge is 0.346 e. The van der Waals surface area contributed by atoms with E-state index in [1.807, 2.05) is 0 Å². The van der Waals surface area contributed by atoms with Crippen molar-refractivity contribution < 1.29 is 26.3 Å². The molecule has 14 heavy (non-hydrogen) atoms. The first-order valence-corrected chi connectivity index (χ1v) is 4.17. The van der Waals surface area contributed by atoms with E-state index in [1.165, 1.54) is 0 Å². The van der Waals surface area contributed by atoms with Crippen LogP contribution < -0.4 is 0 Å². The molecule has 0 aromatic heterocycles. The number of rotatable bonds is 0. The molecule has 3 unspecified atom stereocenters. The molecule has 6 heteroatoms. The van der Waals surface area contributed by atoms with Crippen molar-refractivity contribution in [2.45, 2.75) is 43.5 Å². The first-order chi connectivity index (χ1) is 6.08. The second-order valence-corrected chi connectivity index (χ2v) is 4.42. The summed E-state index contributed by atoms with van der Waals surface area (Å²) in [5.74, 6) is -9.36. The van der Waals surface area contributed by atoms with E-state index in [9.17, 15) is 26.3 Å². The first kappa shape index (κ1) is 10.1. The van der Waals surface area contributed by atoms with Gasteiger partial charge >= 0.3 is 11.8 Å². The molecule has 2 saturated carbocycles. The normalized spacial score (nSPS) is 53.8. The van der Waals surface area contributed by atoms with Crippen molar-refractivity contribution >= 4 is 0 Å². The van der Waals surface area contributed by atoms with Gasteiger partial charge < -0.3 is 0 Å². The van der Waals surface area contributed by atoms with Gasteiger partial charge in [0.2, 0.25) is 5.67 Å². The molecule has 0 radical (unpaired) electrons. The van der Waals surface area contributed by atoms with Crippen molar-refractivity contribution in [3.63, 3.8) is 0 Å². The van der Waals surface area contributed by atoms with Gasteiger partial charge in [-0.1, -0.05) is 6.92 Å². The van der Waals surface area contributed by atoms with Crippen molar-refractivity contribution in [3.8, 4) is 0 Å². The fraction of sp³-hybridized carbons (Fsp3) is 1.00. The molecule has 2 rings (SSSR count). The van der Waals surface area contributed by atoms with Crippen LogP contribution in [0, 0.1) is 5.41 Å². The zero-order valence-electron chi connectivity index (χ0n) is 7.26. The summed E-state index contributed by atoms with van der Waals surface area (Å²) in [6.45, 7) is 0.807. The van der Waals surface area contributed by atoms with Gasteiger partial charge in [-0.05, 0) is 6.42 Å². The van der Waals surface area contributed by atoms with Crippen LogP contribution in [0.1, 0.15) is 19.8 Å². The Bertz CT molecular complexity index is 285. The van der Waals surface area contributed by atoms with Gasteiger partial charge in [0.05, 0.1) is 0 Å². The Kier molecular flexibility index (Phi) is 1.49. The van der Waals surface area contributed by atoms with Crippen LogP contribution in [0.15, 0.2) is 0 Å². The maximum atomic E-state index is 13.4. The molecular formula is C8H8F6. The minimum absolute atomic E-state index is 0.807. The van der Waals surface area contributed by atoms with Crippen LogP contribution in [-0.2, 0) is 0 Å². The van der Waals surface area contributed by atoms with Crippen LogP contribution in [0.4, 0.5) is 26.3 Å². The molecule has 2 aliphatic carbocycles. The lowest BCUT2D eigenvalue weighted by atomic mass is 9.80. The zero-order chi connectivity index (χ0) is 11.0. The SMILES string of the molecule is CC12CC(F)C(F)(C1)C(F)(F)C2(F)F. The third kappa shape index (κ3) is 0.683. The van der Waals surface area contributed by atoms with Gasteiger partial charge in [-0.15, -0.1) is 0 Å². The van der Waals surface area contributed by atoms with Gasteiger partial charge in [0.1, 0.15) is 6.17 Å². The lowest BCUT2D eigenvalue weighted by Gasteiger charge is -2.39. The highest BCUT2D eigenvalue weighted by Crippen LogP contribution is 2.72. The minimum atomic E-state index is -4.90. The van der Waals surface area contributed by atoms with Gasteiger partial charge in [0.25, 0.3) is 0 Å². The Hall–Kier alpha value is -0.420. The molecule has 0 spiro atoms. The van der Waals surface area contributed by atoms with E-state index in [0.29, 0.717) is 0 Å². The minimum Gasteiger partial charge on any atom is -0.244 e. The van der Waals surface area contributed by atoms with E-state index in [4.69, 9.17) is 0 Å². The summed E-state index contributed by atoms with van der Waals surface area (Å²) < 4.78 is 78.3. The molecule has 0 saturated heterocycles. The summed E-state index contributed by atoms with van der Waals surface area (Å²) in [5, 5.41) is 0. The molecule has 0 nitrogen and oxygen atoms in total. The molecule has 0 amide bonds. The first-order valence-electron chi connectivity index (χ1n) is 4.17. The number of alkyl halides is 6. The Morgan fingerprint density at radius 1 is 1.00 bits per heavy atom. The van der Waals surface area contributed by atoms with Gasteiger partial charge in [0.15, 0.2) is 0 Å². The molecular weight excluding hydrogens is 210 g/mol. The van der Waals surface area contributed by atoms with Crippen LogP contribution in [0.3, 0.4) is 0 Å². The Morgan fingerprint density at radius 3 is 1.79 bits per heavy atom. The molecule has 2 bridgehead atoms. The molecule has 2 aliphatic rings. The highest BCUT2D eigenvalue weighted by atomic mass is 19.3. The van der Waals surface area contributed by atoms with E-state index < -0.39 is 41.9 Å². The number of hydrogen-bond acceptors (Lipinski definition) is 0. The van der Waals surface area contributed by atoms with Crippen LogP contribution in [0.2, 0.25) is 0 Å². The zero-order valence-corrected chi connectivity index (χ0v) is 7.26. The van der Waals surface area contributed by atoms with Crippen molar-refractivity contribution in [1.82, 2.24) is 0 Å². The van der Waals surface area contributed by atoms with E-state index >= 15 is 0 Å². The standard InChI is InChI=1S/C8H8F6/c1-5-2-4(9)6(10,3-5)8(13,14)7(5,11)12/h4H,2-3H2,1H3. The summed E-state index contributed by atoms with van der Waals surface area (Å²) in [5.41, 5.74) is -5.95. The van der Waals surface area contributed by atoms with Gasteiger partial charge in [-0.3, -0.25) is 0 Å². The van der Waals surface area contributed by atoms with Crippen molar-refractivity contribution in [1.29, 1.82) is 0 Å². The molecule has 82 valence electrons. The highest BCUT2D eigenvalue weighted by Gasteiger charge is 2.89. The second kappa shape index (κ2) is 2.07. The van der Waals surface area contributed by atoms with Crippen molar-refractivity contribution in [3.05, 3.63) is 0 Å². The fourth-order valence-electron chi connectivity index (χ4n) is 2.49. The van der Waals surface area contributed by atoms with Crippen molar-refractivity contribution in [2.75, 3.05) is 0 Å². The Labute approximate surface area is 76.3 Å². The van der Waals surface area contributed by atoms with Gasteiger partial charge in [0, 0.05) is 11.8 Å². The average Bonchev–Trinajstić information content (AvgIpc) is 2.28. The summed E-state index contributed by atoms with van der Waals surface area (Å²) in [6, 6.07) is 0. The van der Waals surface area contributed by atoms with Crippen LogP contribution in [-0.4, -0.2) is 23.7 Å². The smallest absolute Gasteiger partial charge is 0.244 e. The van der Waals surface area contributed by atoms with Gasteiger partial charge in [-0.25, -0.2) is 8.78 Å². The Balaban J connectivity index is 2.58.